The molecule has 1 aromatic heterocycles. The van der Waals surface area contributed by atoms with E-state index >= 15 is 0 Å². The molecule has 1 aliphatic rings. The number of methoxy groups -OCH3 is 2. The molecule has 2 unspecified atom stereocenters. The molecule has 3 nitrogen and oxygen atoms in total. The number of thiazole rings is 1. The SMILES string of the molecule is CCC1CCC(c2nc(C(OC)OC)cs2)C1. The second kappa shape index (κ2) is 5.94. The molecular weight excluding hydrogens is 234 g/mol. The highest BCUT2D eigenvalue weighted by Gasteiger charge is 2.27. The van der Waals surface area contributed by atoms with Gasteiger partial charge < -0.3 is 9.47 Å². The molecule has 0 saturated heterocycles. The zero-order chi connectivity index (χ0) is 12.3. The lowest BCUT2D eigenvalue weighted by atomic mass is 10.0. The van der Waals surface area contributed by atoms with Gasteiger partial charge in [-0.05, 0) is 25.2 Å². The molecule has 0 bridgehead atoms. The van der Waals surface area contributed by atoms with Crippen molar-refractivity contribution in [2.24, 2.45) is 5.92 Å². The van der Waals surface area contributed by atoms with Crippen molar-refractivity contribution in [2.75, 3.05) is 14.2 Å². The van der Waals surface area contributed by atoms with E-state index in [0.717, 1.165) is 11.6 Å². The van der Waals surface area contributed by atoms with Crippen LogP contribution < -0.4 is 0 Å². The van der Waals surface area contributed by atoms with Crippen LogP contribution in [0.1, 0.15) is 55.5 Å². The Morgan fingerprint density at radius 2 is 2.18 bits per heavy atom. The third kappa shape index (κ3) is 2.87. The average Bonchev–Trinajstić information content (AvgIpc) is 2.98. The van der Waals surface area contributed by atoms with Gasteiger partial charge in [-0.3, -0.25) is 0 Å². The summed E-state index contributed by atoms with van der Waals surface area (Å²) < 4.78 is 10.5. The van der Waals surface area contributed by atoms with Crippen LogP contribution in [0.4, 0.5) is 0 Å². The maximum atomic E-state index is 5.23. The monoisotopic (exact) mass is 255 g/mol. The highest BCUT2D eigenvalue weighted by Crippen LogP contribution is 2.41. The first kappa shape index (κ1) is 13.0. The van der Waals surface area contributed by atoms with Crippen molar-refractivity contribution < 1.29 is 9.47 Å². The lowest BCUT2D eigenvalue weighted by molar-refractivity contribution is -0.108. The van der Waals surface area contributed by atoms with Gasteiger partial charge in [0, 0.05) is 25.5 Å². The zero-order valence-electron chi connectivity index (χ0n) is 10.8. The van der Waals surface area contributed by atoms with Gasteiger partial charge in [-0.1, -0.05) is 13.3 Å². The van der Waals surface area contributed by atoms with Crippen molar-refractivity contribution in [2.45, 2.75) is 44.8 Å². The zero-order valence-corrected chi connectivity index (χ0v) is 11.6. The number of aromatic nitrogens is 1. The van der Waals surface area contributed by atoms with Crippen LogP contribution in [-0.2, 0) is 9.47 Å². The Bertz CT molecular complexity index is 349. The largest absolute Gasteiger partial charge is 0.350 e. The lowest BCUT2D eigenvalue weighted by Crippen LogP contribution is -2.04. The van der Waals surface area contributed by atoms with E-state index in [4.69, 9.17) is 9.47 Å². The molecule has 1 heterocycles. The molecule has 96 valence electrons. The van der Waals surface area contributed by atoms with Crippen molar-refractivity contribution in [3.8, 4) is 0 Å². The van der Waals surface area contributed by atoms with Crippen LogP contribution in [0.15, 0.2) is 5.38 Å². The highest BCUT2D eigenvalue weighted by molar-refractivity contribution is 7.09. The molecule has 2 atom stereocenters. The topological polar surface area (TPSA) is 31.4 Å². The van der Waals surface area contributed by atoms with E-state index in [9.17, 15) is 0 Å². The molecule has 1 aromatic rings. The fourth-order valence-corrected chi connectivity index (χ4v) is 3.57. The van der Waals surface area contributed by atoms with Crippen LogP contribution in [0.2, 0.25) is 0 Å². The van der Waals surface area contributed by atoms with Crippen LogP contribution in [0.3, 0.4) is 0 Å². The average molecular weight is 255 g/mol. The van der Waals surface area contributed by atoms with E-state index in [-0.39, 0.29) is 6.29 Å². The molecule has 4 heteroatoms. The Morgan fingerprint density at radius 1 is 1.41 bits per heavy atom. The smallest absolute Gasteiger partial charge is 0.201 e. The number of ether oxygens (including phenoxy) is 2. The number of hydrogen-bond acceptors (Lipinski definition) is 4. The normalized spacial score (nSPS) is 24.7. The standard InChI is InChI=1S/C13H21NO2S/c1-4-9-5-6-10(7-9)12-14-11(8-17-12)13(15-2)16-3/h8-10,13H,4-7H2,1-3H3. The third-order valence-corrected chi connectivity index (χ3v) is 4.70. The van der Waals surface area contributed by atoms with Crippen molar-refractivity contribution in [3.05, 3.63) is 16.1 Å². The molecule has 0 spiro atoms. The van der Waals surface area contributed by atoms with Gasteiger partial charge in [0.1, 0.15) is 5.69 Å². The molecule has 2 rings (SSSR count). The van der Waals surface area contributed by atoms with Crippen molar-refractivity contribution in [3.63, 3.8) is 0 Å². The summed E-state index contributed by atoms with van der Waals surface area (Å²) in [5, 5.41) is 3.32. The number of hydrogen-bond donors (Lipinski definition) is 0. The predicted octanol–water partition coefficient (Wildman–Crippen LogP) is 3.73. The van der Waals surface area contributed by atoms with E-state index in [1.54, 1.807) is 25.6 Å². The quantitative estimate of drug-likeness (QED) is 0.751. The summed E-state index contributed by atoms with van der Waals surface area (Å²) in [6.07, 6.45) is 4.93. The van der Waals surface area contributed by atoms with E-state index in [0.29, 0.717) is 5.92 Å². The predicted molar refractivity (Wildman–Crippen MR) is 69.2 cm³/mol. The molecule has 0 amide bonds. The van der Waals surface area contributed by atoms with Crippen LogP contribution in [0.25, 0.3) is 0 Å². The van der Waals surface area contributed by atoms with Gasteiger partial charge in [0.25, 0.3) is 0 Å². The van der Waals surface area contributed by atoms with E-state index in [1.807, 2.05) is 0 Å². The van der Waals surface area contributed by atoms with Gasteiger partial charge in [0.2, 0.25) is 6.29 Å². The maximum Gasteiger partial charge on any atom is 0.201 e. The summed E-state index contributed by atoms with van der Waals surface area (Å²) in [7, 11) is 3.30. The lowest BCUT2D eigenvalue weighted by Gasteiger charge is -2.10. The molecule has 1 aliphatic carbocycles. The van der Waals surface area contributed by atoms with Crippen molar-refractivity contribution in [1.29, 1.82) is 0 Å². The molecule has 0 radical (unpaired) electrons. The van der Waals surface area contributed by atoms with Crippen LogP contribution in [-0.4, -0.2) is 19.2 Å². The van der Waals surface area contributed by atoms with Gasteiger partial charge in [0.15, 0.2) is 0 Å². The van der Waals surface area contributed by atoms with E-state index in [1.165, 1.54) is 30.7 Å². The second-order valence-electron chi connectivity index (χ2n) is 4.70. The molecule has 0 N–H and O–H groups in total. The van der Waals surface area contributed by atoms with E-state index in [2.05, 4.69) is 17.3 Å². The number of nitrogens with zero attached hydrogens (tertiary/aromatic N) is 1. The van der Waals surface area contributed by atoms with E-state index < -0.39 is 0 Å². The first-order valence-electron chi connectivity index (χ1n) is 6.29. The molecule has 1 fully saturated rings. The summed E-state index contributed by atoms with van der Waals surface area (Å²) in [5.41, 5.74) is 0.912. The van der Waals surface area contributed by atoms with Gasteiger partial charge >= 0.3 is 0 Å². The van der Waals surface area contributed by atoms with Gasteiger partial charge in [-0.25, -0.2) is 4.98 Å². The van der Waals surface area contributed by atoms with Crippen molar-refractivity contribution in [1.82, 2.24) is 4.98 Å². The van der Waals surface area contributed by atoms with Crippen LogP contribution in [0.5, 0.6) is 0 Å². The first-order chi connectivity index (χ1) is 8.28. The summed E-state index contributed by atoms with van der Waals surface area (Å²) in [4.78, 5) is 4.67. The minimum absolute atomic E-state index is 0.316. The van der Waals surface area contributed by atoms with Crippen LogP contribution >= 0.6 is 11.3 Å². The second-order valence-corrected chi connectivity index (χ2v) is 5.59. The molecule has 17 heavy (non-hydrogen) atoms. The minimum atomic E-state index is -0.316. The Kier molecular flexibility index (Phi) is 4.54. The highest BCUT2D eigenvalue weighted by atomic mass is 32.1. The maximum absolute atomic E-state index is 5.23. The summed E-state index contributed by atoms with van der Waals surface area (Å²) in [6.45, 7) is 2.28. The summed E-state index contributed by atoms with van der Waals surface area (Å²) >= 11 is 1.75. The Hall–Kier alpha value is -0.450. The summed E-state index contributed by atoms with van der Waals surface area (Å²) in [5.74, 6) is 1.56. The Balaban J connectivity index is 2.03. The number of rotatable bonds is 5. The fraction of sp³-hybridized carbons (Fsp3) is 0.769. The molecule has 1 saturated carbocycles. The summed E-state index contributed by atoms with van der Waals surface area (Å²) in [6, 6.07) is 0. The fourth-order valence-electron chi connectivity index (χ4n) is 2.60. The molecule has 0 aromatic carbocycles. The van der Waals surface area contributed by atoms with Crippen LogP contribution in [0, 0.1) is 5.92 Å². The van der Waals surface area contributed by atoms with Gasteiger partial charge in [-0.2, -0.15) is 0 Å². The molecule has 0 aliphatic heterocycles. The van der Waals surface area contributed by atoms with Gasteiger partial charge in [0.05, 0.1) is 5.01 Å². The minimum Gasteiger partial charge on any atom is -0.350 e. The molecular formula is C13H21NO2S. The van der Waals surface area contributed by atoms with Gasteiger partial charge in [-0.15, -0.1) is 11.3 Å². The first-order valence-corrected chi connectivity index (χ1v) is 7.17. The Morgan fingerprint density at radius 3 is 2.76 bits per heavy atom. The van der Waals surface area contributed by atoms with Crippen molar-refractivity contribution >= 4 is 11.3 Å². The third-order valence-electron chi connectivity index (χ3n) is 3.68. The Labute approximate surface area is 107 Å².